The Hall–Kier alpha value is -7.42. The summed E-state index contributed by atoms with van der Waals surface area (Å²) < 4.78 is 0. The third-order valence-electron chi connectivity index (χ3n) is 25.6. The van der Waals surface area contributed by atoms with E-state index in [-0.39, 0.29) is 108 Å². The minimum absolute atomic E-state index is 0.0767. The van der Waals surface area contributed by atoms with Crippen LogP contribution >= 0.6 is 0 Å². The minimum atomic E-state index is -0.749. The molecule has 0 aliphatic heterocycles. The van der Waals surface area contributed by atoms with Gasteiger partial charge in [-0.25, -0.2) is 0 Å². The number of carbonyl (C=O) groups excluding carboxylic acids is 14. The lowest BCUT2D eigenvalue weighted by molar-refractivity contribution is -0.132. The monoisotopic (exact) mass is 1420 g/mol. The molecule has 11 saturated carbocycles. The molecule has 16 N–H and O–H groups in total. The first-order valence-electron chi connectivity index (χ1n) is 39.2. The Morgan fingerprint density at radius 2 is 0.461 bits per heavy atom. The molecule has 28 nitrogen and oxygen atoms in total. The van der Waals surface area contributed by atoms with Crippen LogP contribution in [-0.4, -0.2) is 155 Å². The zero-order chi connectivity index (χ0) is 72.3. The molecule has 0 aromatic rings. The fraction of sp³-hybridized carbons (Fsp3) is 0.811. The molecule has 14 amide bonds. The van der Waals surface area contributed by atoms with Gasteiger partial charge in [-0.1, -0.05) is 70.6 Å². The standard InChI is InChI=1S/C74H114N14O14/c1-38(89)77-52-25-3-14-41(52)66(94)81-54-27-5-16-43(54)65(93)78-39(35-36-62(75)90)37-63(91)79-53-26-4-15-42(53)67(95)82-56-29-7-18-45(56)69(97)84-58-31-9-20-47(58)71(99)86-60-33-11-22-49(60)73(101)88-61-34-12-23-50(61)74(102)87-59-32-10-21-48(59)72(100)85-57-30-8-19-46(57)70(98)83-55-28-6-17-44(55)68(96)80-51-24-2-13-40(51)64(76)92/h39-61H,2-37H2,1H3,(H2,75,90)(H2,76,92)(H,77,89)(H,78,93)(H,79,91)(H,80,96)(H,81,94)(H,82,95)(H,83,98)(H,84,97)(H,85,100)(H,86,99)(H,87,102)(H,88,101)/t39-,40-,41-,42-,43-,44-,45-,46-,47-,48-,49-,50-,51-,52-,53-,54-,55-,56-,57-,58-,59-,60-,61-/m0/s1. The Morgan fingerprint density at radius 3 is 0.676 bits per heavy atom. The fourth-order valence-electron chi connectivity index (χ4n) is 20.1. The van der Waals surface area contributed by atoms with Crippen LogP contribution in [0.1, 0.15) is 238 Å². The van der Waals surface area contributed by atoms with E-state index in [0.717, 1.165) is 44.9 Å². The van der Waals surface area contributed by atoms with E-state index in [1.165, 1.54) is 6.92 Å². The van der Waals surface area contributed by atoms with E-state index < -0.39 is 131 Å². The Kier molecular flexibility index (Phi) is 25.9. The molecular weight excluding hydrogens is 1310 g/mol. The highest BCUT2D eigenvalue weighted by molar-refractivity contribution is 5.90. The van der Waals surface area contributed by atoms with Gasteiger partial charge in [-0.15, -0.1) is 0 Å². The van der Waals surface area contributed by atoms with Crippen LogP contribution in [0.15, 0.2) is 0 Å². The maximum absolute atomic E-state index is 14.2. The van der Waals surface area contributed by atoms with Gasteiger partial charge in [0.1, 0.15) is 0 Å². The molecule has 11 rings (SSSR count). The number of carbonyl (C=O) groups is 14. The van der Waals surface area contributed by atoms with Gasteiger partial charge in [-0.2, -0.15) is 0 Å². The van der Waals surface area contributed by atoms with Gasteiger partial charge in [0.25, 0.3) is 0 Å². The summed E-state index contributed by atoms with van der Waals surface area (Å²) in [6.07, 6.45) is 21.2. The molecule has 28 heteroatoms. The largest absolute Gasteiger partial charge is 0.370 e. The van der Waals surface area contributed by atoms with Crippen molar-refractivity contribution in [1.82, 2.24) is 63.8 Å². The third kappa shape index (κ3) is 18.7. The second-order valence-corrected chi connectivity index (χ2v) is 32.2. The first kappa shape index (κ1) is 75.7. The fourth-order valence-corrected chi connectivity index (χ4v) is 20.1. The Labute approximate surface area is 598 Å². The van der Waals surface area contributed by atoms with Crippen LogP contribution < -0.4 is 75.3 Å². The molecule has 564 valence electrons. The zero-order valence-corrected chi connectivity index (χ0v) is 59.6. The molecule has 0 aromatic heterocycles. The number of rotatable bonds is 28. The summed E-state index contributed by atoms with van der Waals surface area (Å²) >= 11 is 0. The smallest absolute Gasteiger partial charge is 0.225 e. The predicted molar refractivity (Wildman–Crippen MR) is 372 cm³/mol. The molecule has 0 bridgehead atoms. The number of hydrogen-bond donors (Lipinski definition) is 14. The van der Waals surface area contributed by atoms with Crippen LogP contribution in [0, 0.1) is 65.1 Å². The molecule has 0 radical (unpaired) electrons. The number of hydrogen-bond acceptors (Lipinski definition) is 14. The SMILES string of the molecule is CC(=O)N[C@H]1CCC[C@@H]1C(=O)N[C@H]1CCC[C@@H]1C(=O)N[C@@H](CCC(N)=O)CC(=O)N[C@H]1CCC[C@@H]1C(=O)N[C@H]1CCC[C@@H]1C(=O)N[C@H]1CCC[C@@H]1C(=O)N[C@H]1CCC[C@@H]1C(=O)N[C@H]1CCC[C@@H]1C(=O)N[C@H]1CCC[C@@H]1C(=O)N[C@H]1CCC[C@@H]1C(=O)N[C@H]1CCC[C@@H]1C(=O)N[C@H]1CCC[C@@H]1C(N)=O. The quantitative estimate of drug-likeness (QED) is 0.0531. The lowest BCUT2D eigenvalue weighted by atomic mass is 9.95. The van der Waals surface area contributed by atoms with E-state index in [9.17, 15) is 67.1 Å². The van der Waals surface area contributed by atoms with Crippen molar-refractivity contribution in [3.63, 3.8) is 0 Å². The van der Waals surface area contributed by atoms with Gasteiger partial charge in [0.2, 0.25) is 82.7 Å². The van der Waals surface area contributed by atoms with Gasteiger partial charge in [0.05, 0.1) is 65.1 Å². The van der Waals surface area contributed by atoms with Crippen molar-refractivity contribution in [2.75, 3.05) is 0 Å². The second-order valence-electron chi connectivity index (χ2n) is 32.2. The summed E-state index contributed by atoms with van der Waals surface area (Å²) in [6, 6.07) is -5.18. The summed E-state index contributed by atoms with van der Waals surface area (Å²) in [4.78, 5) is 189. The first-order valence-corrected chi connectivity index (χ1v) is 39.2. The van der Waals surface area contributed by atoms with E-state index in [4.69, 9.17) is 11.5 Å². The van der Waals surface area contributed by atoms with E-state index >= 15 is 0 Å². The Morgan fingerprint density at radius 1 is 0.265 bits per heavy atom. The second kappa shape index (κ2) is 34.9. The van der Waals surface area contributed by atoms with E-state index in [1.54, 1.807) is 0 Å². The van der Waals surface area contributed by atoms with Crippen molar-refractivity contribution >= 4 is 82.7 Å². The van der Waals surface area contributed by atoms with Crippen LogP contribution in [0.4, 0.5) is 0 Å². The van der Waals surface area contributed by atoms with Crippen molar-refractivity contribution in [1.29, 1.82) is 0 Å². The summed E-state index contributed by atoms with van der Waals surface area (Å²) in [5.41, 5.74) is 11.1. The molecule has 102 heavy (non-hydrogen) atoms. The molecule has 11 aliphatic rings. The zero-order valence-electron chi connectivity index (χ0n) is 59.6. The highest BCUT2D eigenvalue weighted by Gasteiger charge is 2.48. The summed E-state index contributed by atoms with van der Waals surface area (Å²) in [5, 5.41) is 37.3. The predicted octanol–water partition coefficient (Wildman–Crippen LogP) is 1.77. The van der Waals surface area contributed by atoms with Crippen LogP contribution in [0.2, 0.25) is 0 Å². The van der Waals surface area contributed by atoms with Gasteiger partial charge in [-0.3, -0.25) is 67.1 Å². The van der Waals surface area contributed by atoms with Gasteiger partial charge in [0, 0.05) is 92.3 Å². The molecule has 11 aliphatic carbocycles. The number of nitrogens with one attached hydrogen (secondary N) is 12. The summed E-state index contributed by atoms with van der Waals surface area (Å²) in [6.45, 7) is 1.42. The molecule has 0 aromatic carbocycles. The van der Waals surface area contributed by atoms with Crippen molar-refractivity contribution in [3.05, 3.63) is 0 Å². The maximum Gasteiger partial charge on any atom is 0.225 e. The van der Waals surface area contributed by atoms with Gasteiger partial charge >= 0.3 is 0 Å². The molecule has 0 spiro atoms. The van der Waals surface area contributed by atoms with E-state index in [2.05, 4.69) is 63.8 Å². The summed E-state index contributed by atoms with van der Waals surface area (Å²) in [5.74, 6) is -9.21. The van der Waals surface area contributed by atoms with Crippen LogP contribution in [0.3, 0.4) is 0 Å². The van der Waals surface area contributed by atoms with Crippen LogP contribution in [-0.2, 0) is 67.1 Å². The molecule has 23 atom stereocenters. The van der Waals surface area contributed by atoms with Crippen molar-refractivity contribution in [2.24, 2.45) is 76.6 Å². The van der Waals surface area contributed by atoms with Gasteiger partial charge < -0.3 is 75.3 Å². The average molecular weight is 1420 g/mol. The van der Waals surface area contributed by atoms with Crippen molar-refractivity contribution < 1.29 is 67.1 Å². The highest BCUT2D eigenvalue weighted by atomic mass is 16.2. The Bertz CT molecular complexity index is 3130. The van der Waals surface area contributed by atoms with E-state index in [1.807, 2.05) is 0 Å². The van der Waals surface area contributed by atoms with Crippen LogP contribution in [0.25, 0.3) is 0 Å². The molecule has 0 unspecified atom stereocenters. The van der Waals surface area contributed by atoms with Crippen molar-refractivity contribution in [3.8, 4) is 0 Å². The maximum atomic E-state index is 14.2. The molecular formula is C74H114N14O14. The molecule has 0 heterocycles. The van der Waals surface area contributed by atoms with Gasteiger partial charge in [0.15, 0.2) is 0 Å². The highest BCUT2D eigenvalue weighted by Crippen LogP contribution is 2.38. The van der Waals surface area contributed by atoms with E-state index in [0.29, 0.717) is 167 Å². The molecule has 0 saturated heterocycles. The van der Waals surface area contributed by atoms with Gasteiger partial charge in [-0.05, 0) is 148 Å². The average Bonchev–Trinajstić information content (AvgIpc) is 1.68. The number of primary amides is 2. The minimum Gasteiger partial charge on any atom is -0.370 e. The lowest BCUT2D eigenvalue weighted by Crippen LogP contribution is -2.54. The topological polar surface area (TPSA) is 435 Å². The van der Waals surface area contributed by atoms with Crippen molar-refractivity contribution in [2.45, 2.75) is 311 Å². The third-order valence-corrected chi connectivity index (χ3v) is 25.6. The lowest BCUT2D eigenvalue weighted by Gasteiger charge is -2.29. The Balaban J connectivity index is 0.607. The molecule has 11 fully saturated rings. The number of nitrogens with two attached hydrogens (primary N) is 2. The number of amides is 14. The van der Waals surface area contributed by atoms with Crippen LogP contribution in [0.5, 0.6) is 0 Å². The first-order chi connectivity index (χ1) is 49.1. The normalized spacial score (nSPS) is 35.7. The summed E-state index contributed by atoms with van der Waals surface area (Å²) in [7, 11) is 0.